The zero-order valence-electron chi connectivity index (χ0n) is 10.9. The number of H-pyrrole nitrogens is 1. The van der Waals surface area contributed by atoms with Crippen LogP contribution < -0.4 is 11.2 Å². The van der Waals surface area contributed by atoms with Crippen molar-refractivity contribution in [3.05, 3.63) is 32.6 Å². The van der Waals surface area contributed by atoms with Gasteiger partial charge in [-0.1, -0.05) is 26.2 Å². The molecule has 1 aromatic rings. The molecule has 19 heavy (non-hydrogen) atoms. The largest absolute Gasteiger partial charge is 0.477 e. The number of hydrogen-bond acceptors (Lipinski definition) is 3. The van der Waals surface area contributed by atoms with Crippen molar-refractivity contribution in [1.82, 2.24) is 9.55 Å². The lowest BCUT2D eigenvalue weighted by molar-refractivity contribution is 0.0693. The Bertz CT molecular complexity index is 587. The topological polar surface area (TPSA) is 92.2 Å². The minimum absolute atomic E-state index is 0.0371. The van der Waals surface area contributed by atoms with E-state index in [-0.39, 0.29) is 11.6 Å². The molecule has 2 atom stereocenters. The monoisotopic (exact) mass is 266 g/mol. The van der Waals surface area contributed by atoms with E-state index in [1.54, 1.807) is 0 Å². The van der Waals surface area contributed by atoms with Crippen LogP contribution in [-0.4, -0.2) is 20.6 Å². The molecule has 1 heterocycles. The Labute approximate surface area is 110 Å². The SMILES string of the molecule is CC1CCCCCC1n1cc(C(=O)O)c(=O)[nH]c1=O. The highest BCUT2D eigenvalue weighted by molar-refractivity contribution is 5.86. The van der Waals surface area contributed by atoms with Gasteiger partial charge >= 0.3 is 11.7 Å². The standard InChI is InChI=1S/C13H18N2O4/c1-8-5-3-2-4-6-10(8)15-7-9(12(17)18)11(16)14-13(15)19/h7-8,10H,2-6H2,1H3,(H,17,18)(H,14,16,19). The van der Waals surface area contributed by atoms with E-state index < -0.39 is 17.2 Å². The van der Waals surface area contributed by atoms with Crippen LogP contribution in [0.3, 0.4) is 0 Å². The van der Waals surface area contributed by atoms with Gasteiger partial charge in [0.05, 0.1) is 0 Å². The molecule has 0 saturated heterocycles. The zero-order chi connectivity index (χ0) is 14.0. The van der Waals surface area contributed by atoms with Gasteiger partial charge in [-0.3, -0.25) is 14.3 Å². The molecule has 0 bridgehead atoms. The Hall–Kier alpha value is -1.85. The van der Waals surface area contributed by atoms with Crippen LogP contribution in [0.4, 0.5) is 0 Å². The molecule has 2 rings (SSSR count). The van der Waals surface area contributed by atoms with Gasteiger partial charge in [0.2, 0.25) is 0 Å². The summed E-state index contributed by atoms with van der Waals surface area (Å²) >= 11 is 0. The first-order valence-corrected chi connectivity index (χ1v) is 6.59. The molecule has 104 valence electrons. The van der Waals surface area contributed by atoms with Crippen LogP contribution in [-0.2, 0) is 0 Å². The summed E-state index contributed by atoms with van der Waals surface area (Å²) in [5.41, 5.74) is -1.74. The molecule has 2 N–H and O–H groups in total. The van der Waals surface area contributed by atoms with Crippen molar-refractivity contribution in [2.75, 3.05) is 0 Å². The molecule has 6 heteroatoms. The van der Waals surface area contributed by atoms with Crippen molar-refractivity contribution in [1.29, 1.82) is 0 Å². The third-order valence-electron chi connectivity index (χ3n) is 3.87. The second-order valence-corrected chi connectivity index (χ2v) is 5.20. The van der Waals surface area contributed by atoms with Crippen LogP contribution in [0, 0.1) is 5.92 Å². The molecule has 0 amide bonds. The predicted molar refractivity (Wildman–Crippen MR) is 69.6 cm³/mol. The van der Waals surface area contributed by atoms with Crippen LogP contribution in [0.5, 0.6) is 0 Å². The molecular formula is C13H18N2O4. The van der Waals surface area contributed by atoms with Gasteiger partial charge in [-0.25, -0.2) is 9.59 Å². The number of aromatic carboxylic acids is 1. The van der Waals surface area contributed by atoms with Crippen molar-refractivity contribution in [2.24, 2.45) is 5.92 Å². The highest BCUT2D eigenvalue weighted by atomic mass is 16.4. The number of nitrogens with zero attached hydrogens (tertiary/aromatic N) is 1. The van der Waals surface area contributed by atoms with Gasteiger partial charge in [-0.2, -0.15) is 0 Å². The van der Waals surface area contributed by atoms with E-state index in [9.17, 15) is 14.4 Å². The van der Waals surface area contributed by atoms with Gasteiger partial charge in [0, 0.05) is 12.2 Å². The van der Waals surface area contributed by atoms with Crippen molar-refractivity contribution in [3.8, 4) is 0 Å². The Balaban J connectivity index is 2.48. The number of aromatic nitrogens is 2. The van der Waals surface area contributed by atoms with Gasteiger partial charge < -0.3 is 5.11 Å². The average Bonchev–Trinajstić information content (AvgIpc) is 2.54. The second kappa shape index (κ2) is 5.42. The number of rotatable bonds is 2. The summed E-state index contributed by atoms with van der Waals surface area (Å²) < 4.78 is 1.39. The lowest BCUT2D eigenvalue weighted by atomic mass is 9.96. The Morgan fingerprint density at radius 3 is 2.68 bits per heavy atom. The molecule has 0 spiro atoms. The summed E-state index contributed by atoms with van der Waals surface area (Å²) in [6.07, 6.45) is 6.32. The first-order chi connectivity index (χ1) is 9.00. The van der Waals surface area contributed by atoms with E-state index in [0.717, 1.165) is 32.1 Å². The molecule has 1 aliphatic rings. The fraction of sp³-hybridized carbons (Fsp3) is 0.615. The smallest absolute Gasteiger partial charge is 0.342 e. The average molecular weight is 266 g/mol. The maximum absolute atomic E-state index is 11.9. The minimum atomic E-state index is -1.31. The van der Waals surface area contributed by atoms with E-state index >= 15 is 0 Å². The fourth-order valence-electron chi connectivity index (χ4n) is 2.77. The highest BCUT2D eigenvalue weighted by Crippen LogP contribution is 2.31. The molecule has 1 saturated carbocycles. The molecule has 1 aliphatic carbocycles. The van der Waals surface area contributed by atoms with Crippen molar-refractivity contribution in [3.63, 3.8) is 0 Å². The van der Waals surface area contributed by atoms with E-state index in [0.29, 0.717) is 5.92 Å². The van der Waals surface area contributed by atoms with Crippen molar-refractivity contribution >= 4 is 5.97 Å². The predicted octanol–water partition coefficient (Wildman–Crippen LogP) is 1.38. The van der Waals surface area contributed by atoms with Crippen molar-refractivity contribution < 1.29 is 9.90 Å². The van der Waals surface area contributed by atoms with Crippen LogP contribution in [0.15, 0.2) is 15.8 Å². The third-order valence-corrected chi connectivity index (χ3v) is 3.87. The Morgan fingerprint density at radius 2 is 2.00 bits per heavy atom. The molecule has 0 aliphatic heterocycles. The lowest BCUT2D eigenvalue weighted by Crippen LogP contribution is -2.36. The third kappa shape index (κ3) is 2.77. The van der Waals surface area contributed by atoms with E-state index in [1.165, 1.54) is 10.8 Å². The van der Waals surface area contributed by atoms with Crippen LogP contribution in [0.1, 0.15) is 55.4 Å². The molecule has 1 aromatic heterocycles. The number of nitrogens with one attached hydrogen (secondary N) is 1. The fourth-order valence-corrected chi connectivity index (χ4v) is 2.77. The first kappa shape index (κ1) is 13.6. The van der Waals surface area contributed by atoms with E-state index in [4.69, 9.17) is 5.11 Å². The van der Waals surface area contributed by atoms with Gasteiger partial charge in [0.15, 0.2) is 0 Å². The summed E-state index contributed by atoms with van der Waals surface area (Å²) in [7, 11) is 0. The first-order valence-electron chi connectivity index (χ1n) is 6.59. The maximum Gasteiger partial charge on any atom is 0.342 e. The number of carboxylic acids is 1. The second-order valence-electron chi connectivity index (χ2n) is 5.20. The quantitative estimate of drug-likeness (QED) is 0.791. The summed E-state index contributed by atoms with van der Waals surface area (Å²) in [6, 6.07) is -0.0371. The molecule has 1 fully saturated rings. The van der Waals surface area contributed by atoms with Crippen LogP contribution in [0.25, 0.3) is 0 Å². The zero-order valence-corrected chi connectivity index (χ0v) is 10.9. The number of hydrogen-bond donors (Lipinski definition) is 2. The van der Waals surface area contributed by atoms with E-state index in [2.05, 4.69) is 11.9 Å². The van der Waals surface area contributed by atoms with Gasteiger partial charge in [0.1, 0.15) is 5.56 Å². The van der Waals surface area contributed by atoms with Crippen molar-refractivity contribution in [2.45, 2.75) is 45.1 Å². The summed E-state index contributed by atoms with van der Waals surface area (Å²) in [5.74, 6) is -1.01. The molecule has 6 nitrogen and oxygen atoms in total. The molecule has 0 aromatic carbocycles. The van der Waals surface area contributed by atoms with Gasteiger partial charge in [0.25, 0.3) is 5.56 Å². The highest BCUT2D eigenvalue weighted by Gasteiger charge is 2.24. The van der Waals surface area contributed by atoms with Crippen LogP contribution in [0.2, 0.25) is 0 Å². The lowest BCUT2D eigenvalue weighted by Gasteiger charge is -2.23. The van der Waals surface area contributed by atoms with Gasteiger partial charge in [-0.15, -0.1) is 0 Å². The number of carboxylic acid groups (broad SMARTS) is 1. The van der Waals surface area contributed by atoms with Crippen LogP contribution >= 0.6 is 0 Å². The van der Waals surface area contributed by atoms with Gasteiger partial charge in [-0.05, 0) is 18.8 Å². The number of carbonyl (C=O) groups is 1. The summed E-state index contributed by atoms with van der Waals surface area (Å²) in [4.78, 5) is 36.4. The Kier molecular flexibility index (Phi) is 3.87. The Morgan fingerprint density at radius 1 is 1.32 bits per heavy atom. The number of aromatic amines is 1. The normalized spacial score (nSPS) is 23.8. The molecule has 0 radical (unpaired) electrons. The minimum Gasteiger partial charge on any atom is -0.477 e. The maximum atomic E-state index is 11.9. The molecule has 2 unspecified atom stereocenters. The van der Waals surface area contributed by atoms with E-state index in [1.807, 2.05) is 0 Å². The summed E-state index contributed by atoms with van der Waals surface area (Å²) in [6.45, 7) is 2.06. The molecular weight excluding hydrogens is 248 g/mol. The summed E-state index contributed by atoms with van der Waals surface area (Å²) in [5, 5.41) is 8.97.